The van der Waals surface area contributed by atoms with Crippen LogP contribution in [0.4, 0.5) is 0 Å². The maximum absolute atomic E-state index is 5.31. The number of hydrogen-bond donors (Lipinski definition) is 0. The van der Waals surface area contributed by atoms with Gasteiger partial charge < -0.3 is 9.47 Å². The summed E-state index contributed by atoms with van der Waals surface area (Å²) in [5.41, 5.74) is 0. The largest absolute Gasteiger partial charge is 0.353 e. The zero-order chi connectivity index (χ0) is 7.23. The van der Waals surface area contributed by atoms with E-state index in [9.17, 15) is 0 Å². The molecule has 2 nitrogen and oxygen atoms in total. The van der Waals surface area contributed by atoms with Gasteiger partial charge in [0.25, 0.3) is 0 Å². The predicted octanol–water partition coefficient (Wildman–Crippen LogP) is 1.72. The van der Waals surface area contributed by atoms with Gasteiger partial charge in [0.05, 0.1) is 13.2 Å². The molecular formula is C8H14O2. The number of ether oxygens (including phenoxy) is 2. The fraction of sp³-hybridized carbons (Fsp3) is 0.750. The van der Waals surface area contributed by atoms with Gasteiger partial charge in [-0.05, 0) is 12.8 Å². The molecule has 1 fully saturated rings. The molecule has 0 unspecified atom stereocenters. The van der Waals surface area contributed by atoms with E-state index >= 15 is 0 Å². The van der Waals surface area contributed by atoms with Gasteiger partial charge in [-0.25, -0.2) is 0 Å². The van der Waals surface area contributed by atoms with Crippen LogP contribution in [0.1, 0.15) is 19.3 Å². The molecule has 0 atom stereocenters. The molecule has 0 aromatic rings. The standard InChI is InChI=1S/C8H14O2/c1-2-3-5-8-9-6-4-7-10-8/h2,8H,1,3-7H2. The lowest BCUT2D eigenvalue weighted by Crippen LogP contribution is -2.24. The Kier molecular flexibility index (Phi) is 3.47. The van der Waals surface area contributed by atoms with Crippen molar-refractivity contribution in [2.45, 2.75) is 25.6 Å². The summed E-state index contributed by atoms with van der Waals surface area (Å²) in [4.78, 5) is 0. The first-order valence-corrected chi connectivity index (χ1v) is 3.77. The Morgan fingerprint density at radius 3 is 2.70 bits per heavy atom. The SMILES string of the molecule is C=CCCC1OCCCO1. The minimum Gasteiger partial charge on any atom is -0.353 e. The lowest BCUT2D eigenvalue weighted by Gasteiger charge is -2.22. The topological polar surface area (TPSA) is 18.5 Å². The normalized spacial score (nSPS) is 20.8. The van der Waals surface area contributed by atoms with E-state index in [1.165, 1.54) is 0 Å². The maximum Gasteiger partial charge on any atom is 0.157 e. The van der Waals surface area contributed by atoms with Gasteiger partial charge in [-0.15, -0.1) is 6.58 Å². The summed E-state index contributed by atoms with van der Waals surface area (Å²) in [5, 5.41) is 0. The zero-order valence-corrected chi connectivity index (χ0v) is 6.21. The average molecular weight is 142 g/mol. The first kappa shape index (κ1) is 7.76. The summed E-state index contributed by atoms with van der Waals surface area (Å²) in [6.07, 6.45) is 4.88. The van der Waals surface area contributed by atoms with Gasteiger partial charge in [-0.3, -0.25) is 0 Å². The third-order valence-electron chi connectivity index (χ3n) is 1.50. The summed E-state index contributed by atoms with van der Waals surface area (Å²) in [5.74, 6) is 0. The van der Waals surface area contributed by atoms with Gasteiger partial charge in [-0.2, -0.15) is 0 Å². The molecule has 0 N–H and O–H groups in total. The van der Waals surface area contributed by atoms with Gasteiger partial charge >= 0.3 is 0 Å². The summed E-state index contributed by atoms with van der Waals surface area (Å²) >= 11 is 0. The molecule has 1 saturated heterocycles. The number of hydrogen-bond acceptors (Lipinski definition) is 2. The van der Waals surface area contributed by atoms with E-state index in [4.69, 9.17) is 9.47 Å². The van der Waals surface area contributed by atoms with Crippen molar-refractivity contribution in [3.63, 3.8) is 0 Å². The molecule has 0 radical (unpaired) electrons. The van der Waals surface area contributed by atoms with Gasteiger partial charge in [-0.1, -0.05) is 6.08 Å². The summed E-state index contributed by atoms with van der Waals surface area (Å²) in [6, 6.07) is 0. The van der Waals surface area contributed by atoms with Crippen LogP contribution in [0.15, 0.2) is 12.7 Å². The van der Waals surface area contributed by atoms with Crippen LogP contribution in [0.25, 0.3) is 0 Å². The minimum atomic E-state index is 0.0340. The molecule has 10 heavy (non-hydrogen) atoms. The van der Waals surface area contributed by atoms with Crippen molar-refractivity contribution in [2.75, 3.05) is 13.2 Å². The number of rotatable bonds is 3. The minimum absolute atomic E-state index is 0.0340. The van der Waals surface area contributed by atoms with E-state index in [2.05, 4.69) is 6.58 Å². The van der Waals surface area contributed by atoms with E-state index in [0.29, 0.717) is 0 Å². The molecule has 0 bridgehead atoms. The van der Waals surface area contributed by atoms with Gasteiger partial charge in [0.15, 0.2) is 6.29 Å². The van der Waals surface area contributed by atoms with Crippen LogP contribution in [0, 0.1) is 0 Å². The van der Waals surface area contributed by atoms with Crippen LogP contribution in [-0.2, 0) is 9.47 Å². The van der Waals surface area contributed by atoms with E-state index in [1.54, 1.807) is 0 Å². The fourth-order valence-corrected chi connectivity index (χ4v) is 0.957. The second-order valence-electron chi connectivity index (χ2n) is 2.39. The molecule has 1 heterocycles. The van der Waals surface area contributed by atoms with E-state index in [-0.39, 0.29) is 6.29 Å². The highest BCUT2D eigenvalue weighted by atomic mass is 16.7. The highest BCUT2D eigenvalue weighted by molar-refractivity contribution is 4.67. The highest BCUT2D eigenvalue weighted by Crippen LogP contribution is 2.09. The van der Waals surface area contributed by atoms with Crippen molar-refractivity contribution in [3.05, 3.63) is 12.7 Å². The quantitative estimate of drug-likeness (QED) is 0.558. The van der Waals surface area contributed by atoms with Crippen LogP contribution < -0.4 is 0 Å². The molecule has 1 aliphatic rings. The Labute approximate surface area is 61.8 Å². The van der Waals surface area contributed by atoms with Crippen LogP contribution in [-0.4, -0.2) is 19.5 Å². The Hall–Kier alpha value is -0.340. The van der Waals surface area contributed by atoms with Crippen molar-refractivity contribution >= 4 is 0 Å². The second-order valence-corrected chi connectivity index (χ2v) is 2.39. The van der Waals surface area contributed by atoms with Crippen molar-refractivity contribution in [1.29, 1.82) is 0 Å². The molecule has 0 spiro atoms. The van der Waals surface area contributed by atoms with Gasteiger partial charge in [0.2, 0.25) is 0 Å². The molecular weight excluding hydrogens is 128 g/mol. The van der Waals surface area contributed by atoms with Crippen molar-refractivity contribution in [1.82, 2.24) is 0 Å². The lowest BCUT2D eigenvalue weighted by atomic mass is 10.3. The molecule has 1 aliphatic heterocycles. The molecule has 0 amide bonds. The zero-order valence-electron chi connectivity index (χ0n) is 6.21. The average Bonchev–Trinajstić information content (AvgIpc) is 2.03. The molecule has 58 valence electrons. The van der Waals surface area contributed by atoms with Crippen LogP contribution in [0.2, 0.25) is 0 Å². The Morgan fingerprint density at radius 2 is 2.10 bits per heavy atom. The van der Waals surface area contributed by atoms with Crippen molar-refractivity contribution < 1.29 is 9.47 Å². The molecule has 0 aromatic heterocycles. The van der Waals surface area contributed by atoms with Crippen LogP contribution in [0.5, 0.6) is 0 Å². The maximum atomic E-state index is 5.31. The molecule has 0 saturated carbocycles. The number of allylic oxidation sites excluding steroid dienone is 1. The van der Waals surface area contributed by atoms with E-state index < -0.39 is 0 Å². The molecule has 0 aliphatic carbocycles. The van der Waals surface area contributed by atoms with Crippen molar-refractivity contribution in [2.24, 2.45) is 0 Å². The third-order valence-corrected chi connectivity index (χ3v) is 1.50. The smallest absolute Gasteiger partial charge is 0.157 e. The van der Waals surface area contributed by atoms with E-state index in [0.717, 1.165) is 32.5 Å². The summed E-state index contributed by atoms with van der Waals surface area (Å²) < 4.78 is 10.6. The van der Waals surface area contributed by atoms with Crippen LogP contribution in [0.3, 0.4) is 0 Å². The van der Waals surface area contributed by atoms with Gasteiger partial charge in [0.1, 0.15) is 0 Å². The molecule has 2 heteroatoms. The second kappa shape index (κ2) is 4.47. The van der Waals surface area contributed by atoms with Gasteiger partial charge in [0, 0.05) is 6.42 Å². The monoisotopic (exact) mass is 142 g/mol. The lowest BCUT2D eigenvalue weighted by molar-refractivity contribution is -0.180. The first-order valence-electron chi connectivity index (χ1n) is 3.77. The summed E-state index contributed by atoms with van der Waals surface area (Å²) in [6.45, 7) is 5.33. The Balaban J connectivity index is 2.07. The van der Waals surface area contributed by atoms with Crippen molar-refractivity contribution in [3.8, 4) is 0 Å². The summed E-state index contributed by atoms with van der Waals surface area (Å²) in [7, 11) is 0. The molecule has 0 aromatic carbocycles. The van der Waals surface area contributed by atoms with Crippen LogP contribution >= 0.6 is 0 Å². The predicted molar refractivity (Wildman–Crippen MR) is 39.7 cm³/mol. The Morgan fingerprint density at radius 1 is 1.40 bits per heavy atom. The fourth-order valence-electron chi connectivity index (χ4n) is 0.957. The first-order chi connectivity index (χ1) is 4.93. The van der Waals surface area contributed by atoms with E-state index in [1.807, 2.05) is 6.08 Å². The third kappa shape index (κ3) is 2.50. The molecule has 1 rings (SSSR count). The highest BCUT2D eigenvalue weighted by Gasteiger charge is 2.11. The Bertz CT molecular complexity index is 95.4.